The predicted octanol–water partition coefficient (Wildman–Crippen LogP) is 3.16. The summed E-state index contributed by atoms with van der Waals surface area (Å²) in [5.74, 6) is 0.163. The van der Waals surface area contributed by atoms with Gasteiger partial charge in [-0.2, -0.15) is 0 Å². The molecular weight excluding hydrogens is 316 g/mol. The number of sulfonamides is 1. The Bertz CT molecular complexity index is 500. The largest absolute Gasteiger partial charge is 0.315 e. The van der Waals surface area contributed by atoms with Crippen LogP contribution in [0.3, 0.4) is 0 Å². The van der Waals surface area contributed by atoms with Crippen molar-refractivity contribution in [3.63, 3.8) is 0 Å². The highest BCUT2D eigenvalue weighted by molar-refractivity contribution is 7.89. The highest BCUT2D eigenvalue weighted by Crippen LogP contribution is 2.27. The van der Waals surface area contributed by atoms with E-state index in [2.05, 4.69) is 23.9 Å². The summed E-state index contributed by atoms with van der Waals surface area (Å²) in [6.45, 7) is 6.83. The molecule has 0 fully saturated rings. The Balaban J connectivity index is 2.34. The summed E-state index contributed by atoms with van der Waals surface area (Å²) in [6, 6.07) is 3.84. The Morgan fingerprint density at radius 3 is 2.50 bits per heavy atom. The van der Waals surface area contributed by atoms with E-state index in [0.717, 1.165) is 17.8 Å². The van der Waals surface area contributed by atoms with Gasteiger partial charge in [0.1, 0.15) is 0 Å². The summed E-state index contributed by atoms with van der Waals surface area (Å²) in [4.78, 5) is 0.931. The number of hydrogen-bond acceptors (Lipinski definition) is 4. The molecule has 1 unspecified atom stereocenters. The van der Waals surface area contributed by atoms with Crippen molar-refractivity contribution in [2.75, 3.05) is 12.3 Å². The molecule has 20 heavy (non-hydrogen) atoms. The van der Waals surface area contributed by atoms with E-state index in [-0.39, 0.29) is 11.8 Å². The monoisotopic (exact) mass is 338 g/mol. The van der Waals surface area contributed by atoms with Crippen molar-refractivity contribution in [3.8, 4) is 0 Å². The third-order valence-corrected chi connectivity index (χ3v) is 5.72. The van der Waals surface area contributed by atoms with Gasteiger partial charge in [0.25, 0.3) is 0 Å². The van der Waals surface area contributed by atoms with Gasteiger partial charge >= 0.3 is 0 Å². The minimum absolute atomic E-state index is 0.163. The third kappa shape index (κ3) is 7.04. The van der Waals surface area contributed by atoms with Crippen LogP contribution in [-0.2, 0) is 10.0 Å². The van der Waals surface area contributed by atoms with E-state index in [4.69, 9.17) is 11.6 Å². The average molecular weight is 339 g/mol. The molecule has 0 spiro atoms. The van der Waals surface area contributed by atoms with E-state index in [9.17, 15) is 8.42 Å². The first-order chi connectivity index (χ1) is 9.30. The maximum Gasteiger partial charge on any atom is 0.212 e. The molecule has 0 saturated heterocycles. The number of nitrogens with one attached hydrogen (secondary N) is 2. The fourth-order valence-electron chi connectivity index (χ4n) is 1.76. The van der Waals surface area contributed by atoms with Crippen molar-refractivity contribution in [2.45, 2.75) is 45.7 Å². The lowest BCUT2D eigenvalue weighted by molar-refractivity contribution is 0.550. The molecule has 1 aromatic rings. The van der Waals surface area contributed by atoms with Gasteiger partial charge in [-0.05, 0) is 38.4 Å². The molecule has 0 aromatic carbocycles. The SMILES string of the molecule is CC(C)NCCCCS(=O)(=O)NC(C)c1ccc(Cl)s1. The van der Waals surface area contributed by atoms with Crippen LogP contribution in [0.5, 0.6) is 0 Å². The Morgan fingerprint density at radius 1 is 1.25 bits per heavy atom. The van der Waals surface area contributed by atoms with Crippen molar-refractivity contribution in [2.24, 2.45) is 0 Å². The second kappa shape index (κ2) is 8.34. The zero-order valence-electron chi connectivity index (χ0n) is 12.1. The van der Waals surface area contributed by atoms with E-state index in [0.29, 0.717) is 16.8 Å². The maximum atomic E-state index is 12.0. The Labute approximate surface area is 131 Å². The minimum atomic E-state index is -3.23. The lowest BCUT2D eigenvalue weighted by Gasteiger charge is -2.13. The summed E-state index contributed by atoms with van der Waals surface area (Å²) < 4.78 is 27.3. The number of unbranched alkanes of at least 4 members (excludes halogenated alkanes) is 1. The van der Waals surface area contributed by atoms with Crippen LogP contribution in [0, 0.1) is 0 Å². The van der Waals surface area contributed by atoms with Crippen molar-refractivity contribution in [3.05, 3.63) is 21.3 Å². The summed E-state index contributed by atoms with van der Waals surface area (Å²) in [5, 5.41) is 3.27. The lowest BCUT2D eigenvalue weighted by Crippen LogP contribution is -2.29. The highest BCUT2D eigenvalue weighted by Gasteiger charge is 2.16. The smallest absolute Gasteiger partial charge is 0.212 e. The molecule has 0 bridgehead atoms. The molecule has 4 nitrogen and oxygen atoms in total. The van der Waals surface area contributed by atoms with Gasteiger partial charge in [-0.1, -0.05) is 25.4 Å². The van der Waals surface area contributed by atoms with Crippen molar-refractivity contribution in [1.29, 1.82) is 0 Å². The molecule has 116 valence electrons. The first kappa shape index (κ1) is 17.9. The maximum absolute atomic E-state index is 12.0. The third-order valence-electron chi connectivity index (χ3n) is 2.77. The fourth-order valence-corrected chi connectivity index (χ4v) is 4.26. The van der Waals surface area contributed by atoms with Gasteiger partial charge in [0.15, 0.2) is 0 Å². The van der Waals surface area contributed by atoms with Gasteiger partial charge in [-0.15, -0.1) is 11.3 Å². The van der Waals surface area contributed by atoms with Crippen LogP contribution in [0.15, 0.2) is 12.1 Å². The van der Waals surface area contributed by atoms with E-state index in [1.807, 2.05) is 13.0 Å². The zero-order valence-corrected chi connectivity index (χ0v) is 14.5. The topological polar surface area (TPSA) is 58.2 Å². The minimum Gasteiger partial charge on any atom is -0.315 e. The van der Waals surface area contributed by atoms with E-state index >= 15 is 0 Å². The Hall–Kier alpha value is -0.140. The van der Waals surface area contributed by atoms with E-state index in [1.54, 1.807) is 6.07 Å². The second-order valence-corrected chi connectivity index (χ2v) is 8.74. The average Bonchev–Trinajstić information content (AvgIpc) is 2.74. The van der Waals surface area contributed by atoms with Crippen LogP contribution in [0.1, 0.15) is 44.5 Å². The van der Waals surface area contributed by atoms with Crippen LogP contribution in [-0.4, -0.2) is 26.8 Å². The molecule has 0 aliphatic rings. The van der Waals surface area contributed by atoms with Crippen molar-refractivity contribution < 1.29 is 8.42 Å². The second-order valence-electron chi connectivity index (χ2n) is 5.12. The van der Waals surface area contributed by atoms with Crippen LogP contribution < -0.4 is 10.0 Å². The number of thiophene rings is 1. The first-order valence-electron chi connectivity index (χ1n) is 6.79. The molecule has 1 aromatic heterocycles. The first-order valence-corrected chi connectivity index (χ1v) is 9.63. The van der Waals surface area contributed by atoms with Gasteiger partial charge in [0.05, 0.1) is 16.1 Å². The predicted molar refractivity (Wildman–Crippen MR) is 87.0 cm³/mol. The molecule has 1 atom stereocenters. The summed E-state index contributed by atoms with van der Waals surface area (Å²) >= 11 is 7.25. The van der Waals surface area contributed by atoms with Gasteiger partial charge < -0.3 is 5.32 Å². The number of halogens is 1. The van der Waals surface area contributed by atoms with Gasteiger partial charge in [-0.25, -0.2) is 13.1 Å². The van der Waals surface area contributed by atoms with Crippen LogP contribution >= 0.6 is 22.9 Å². The summed E-state index contributed by atoms with van der Waals surface area (Å²) in [5.41, 5.74) is 0. The van der Waals surface area contributed by atoms with Crippen LogP contribution in [0.4, 0.5) is 0 Å². The van der Waals surface area contributed by atoms with Gasteiger partial charge in [0.2, 0.25) is 10.0 Å². The molecule has 1 rings (SSSR count). The van der Waals surface area contributed by atoms with Crippen LogP contribution in [0.25, 0.3) is 0 Å². The highest BCUT2D eigenvalue weighted by atomic mass is 35.5. The molecular formula is C13H23ClN2O2S2. The van der Waals surface area contributed by atoms with Gasteiger partial charge in [-0.3, -0.25) is 0 Å². The molecule has 0 amide bonds. The molecule has 0 aliphatic carbocycles. The van der Waals surface area contributed by atoms with E-state index in [1.165, 1.54) is 11.3 Å². The molecule has 7 heteroatoms. The quantitative estimate of drug-likeness (QED) is 0.680. The Kier molecular flexibility index (Phi) is 7.47. The van der Waals surface area contributed by atoms with Crippen LogP contribution in [0.2, 0.25) is 4.34 Å². The number of rotatable bonds is 9. The molecule has 1 heterocycles. The van der Waals surface area contributed by atoms with Gasteiger partial charge in [0, 0.05) is 10.9 Å². The summed E-state index contributed by atoms with van der Waals surface area (Å²) in [6.07, 6.45) is 1.52. The fraction of sp³-hybridized carbons (Fsp3) is 0.692. The molecule has 0 aliphatic heterocycles. The Morgan fingerprint density at radius 2 is 1.95 bits per heavy atom. The molecule has 0 radical (unpaired) electrons. The molecule has 0 saturated carbocycles. The standard InChI is InChI=1S/C13H23ClN2O2S2/c1-10(2)15-8-4-5-9-20(17,18)16-11(3)12-6-7-13(14)19-12/h6-7,10-11,15-16H,4-5,8-9H2,1-3H3. The zero-order chi connectivity index (χ0) is 15.2. The summed E-state index contributed by atoms with van der Waals surface area (Å²) in [7, 11) is -3.23. The van der Waals surface area contributed by atoms with E-state index < -0.39 is 10.0 Å². The van der Waals surface area contributed by atoms with Crippen molar-refractivity contribution in [1.82, 2.24) is 10.0 Å². The van der Waals surface area contributed by atoms with Crippen molar-refractivity contribution >= 4 is 33.0 Å². The normalized spacial score (nSPS) is 13.8. The number of hydrogen-bond donors (Lipinski definition) is 2. The molecule has 2 N–H and O–H groups in total. The lowest BCUT2D eigenvalue weighted by atomic mass is 10.3.